The smallest absolute Gasteiger partial charge is 0.182 e. The van der Waals surface area contributed by atoms with Crippen molar-refractivity contribution in [2.45, 2.75) is 32.5 Å². The first-order chi connectivity index (χ1) is 17.8. The number of aliphatic hydroxyl groups excluding tert-OH is 2. The van der Waals surface area contributed by atoms with Gasteiger partial charge in [0.05, 0.1) is 25.8 Å². The third-order valence-electron chi connectivity index (χ3n) is 6.28. The molecule has 4 N–H and O–H groups in total. The number of pyridine rings is 1. The first-order valence-electron chi connectivity index (χ1n) is 12.1. The summed E-state index contributed by atoms with van der Waals surface area (Å²) in [5.41, 5.74) is 11.3. The molecule has 0 spiro atoms. The Bertz CT molecular complexity index is 1430. The Morgan fingerprint density at radius 2 is 2.03 bits per heavy atom. The summed E-state index contributed by atoms with van der Waals surface area (Å²) in [6, 6.07) is 8.14. The highest BCUT2D eigenvalue weighted by Crippen LogP contribution is 2.33. The van der Waals surface area contributed by atoms with E-state index in [0.717, 1.165) is 49.9 Å². The molecule has 1 aromatic carbocycles. The number of anilines is 2. The monoisotopic (exact) mass is 521 g/mol. The van der Waals surface area contributed by atoms with E-state index in [1.807, 2.05) is 50.3 Å². The quantitative estimate of drug-likeness (QED) is 0.333. The lowest BCUT2D eigenvalue weighted by molar-refractivity contribution is 0.0953. The summed E-state index contributed by atoms with van der Waals surface area (Å²) in [5, 5.41) is 20.2. The molecule has 0 aliphatic carbocycles. The average Bonchev–Trinajstić information content (AvgIpc) is 3.10. The van der Waals surface area contributed by atoms with Crippen LogP contribution in [0.2, 0.25) is 0 Å². The van der Waals surface area contributed by atoms with Crippen LogP contribution in [-0.2, 0) is 19.5 Å². The van der Waals surface area contributed by atoms with E-state index < -0.39 is 6.10 Å². The van der Waals surface area contributed by atoms with Gasteiger partial charge in [-0.2, -0.15) is 0 Å². The van der Waals surface area contributed by atoms with Crippen LogP contribution in [0.5, 0.6) is 5.75 Å². The van der Waals surface area contributed by atoms with Gasteiger partial charge in [0, 0.05) is 41.5 Å². The van der Waals surface area contributed by atoms with Gasteiger partial charge in [0.15, 0.2) is 5.13 Å². The van der Waals surface area contributed by atoms with E-state index in [2.05, 4.69) is 25.9 Å². The molecular formula is C26H31N7O3S. The molecule has 1 atom stereocenters. The van der Waals surface area contributed by atoms with Crippen LogP contribution in [0.15, 0.2) is 30.5 Å². The summed E-state index contributed by atoms with van der Waals surface area (Å²) in [6.45, 7) is 3.89. The van der Waals surface area contributed by atoms with E-state index in [0.29, 0.717) is 37.2 Å². The maximum atomic E-state index is 10.3. The summed E-state index contributed by atoms with van der Waals surface area (Å²) in [5.74, 6) is 2.30. The van der Waals surface area contributed by atoms with Gasteiger partial charge in [-0.15, -0.1) is 0 Å². The fraction of sp³-hybridized carbons (Fsp3) is 0.385. The van der Waals surface area contributed by atoms with Crippen molar-refractivity contribution in [3.8, 4) is 16.9 Å². The second kappa shape index (κ2) is 10.5. The van der Waals surface area contributed by atoms with Gasteiger partial charge in [0.1, 0.15) is 34.3 Å². The average molecular weight is 522 g/mol. The van der Waals surface area contributed by atoms with Crippen molar-refractivity contribution in [1.29, 1.82) is 0 Å². The molecule has 4 aromatic rings. The summed E-state index contributed by atoms with van der Waals surface area (Å²) < 4.78 is 6.11. The number of aromatic nitrogens is 4. The molecule has 0 amide bonds. The summed E-state index contributed by atoms with van der Waals surface area (Å²) in [7, 11) is 3.96. The second-order valence-electron chi connectivity index (χ2n) is 9.50. The minimum atomic E-state index is -0.884. The van der Waals surface area contributed by atoms with Crippen LogP contribution in [0, 0.1) is 6.92 Å². The highest BCUT2D eigenvalue weighted by Gasteiger charge is 2.24. The highest BCUT2D eigenvalue weighted by molar-refractivity contribution is 7.21. The number of aliphatic hydroxyl groups is 2. The number of aryl methyl sites for hydroxylation is 1. The van der Waals surface area contributed by atoms with Gasteiger partial charge in [0.25, 0.3) is 0 Å². The van der Waals surface area contributed by atoms with Crippen molar-refractivity contribution in [2.75, 3.05) is 44.5 Å². The van der Waals surface area contributed by atoms with Crippen molar-refractivity contribution in [1.82, 2.24) is 24.8 Å². The Balaban J connectivity index is 1.52. The van der Waals surface area contributed by atoms with Gasteiger partial charge in [-0.25, -0.2) is 19.9 Å². The molecule has 1 aliphatic rings. The van der Waals surface area contributed by atoms with Crippen molar-refractivity contribution in [3.05, 3.63) is 53.1 Å². The van der Waals surface area contributed by atoms with Crippen molar-refractivity contribution in [2.24, 2.45) is 0 Å². The lowest BCUT2D eigenvalue weighted by Gasteiger charge is -2.26. The SMILES string of the molecule is Cc1nc(CN(C)C)nc(N2CCOc3ccc(-c4cnc5sc(N)nc5c4)cc3C2)c1CC(O)CO. The van der Waals surface area contributed by atoms with E-state index in [1.165, 1.54) is 11.3 Å². The van der Waals surface area contributed by atoms with E-state index in [4.69, 9.17) is 15.5 Å². The molecule has 37 heavy (non-hydrogen) atoms. The topological polar surface area (TPSA) is 134 Å². The van der Waals surface area contributed by atoms with Crippen molar-refractivity contribution in [3.63, 3.8) is 0 Å². The number of nitrogen functional groups attached to an aromatic ring is 1. The molecule has 5 rings (SSSR count). The van der Waals surface area contributed by atoms with Gasteiger partial charge in [-0.05, 0) is 44.8 Å². The minimum Gasteiger partial charge on any atom is -0.491 e. The first kappa shape index (κ1) is 25.3. The number of ether oxygens (including phenoxy) is 1. The third kappa shape index (κ3) is 5.49. The molecular weight excluding hydrogens is 490 g/mol. The Morgan fingerprint density at radius 1 is 1.19 bits per heavy atom. The van der Waals surface area contributed by atoms with Gasteiger partial charge in [0.2, 0.25) is 0 Å². The Kier molecular flexibility index (Phi) is 7.20. The molecule has 0 bridgehead atoms. The van der Waals surface area contributed by atoms with Crippen LogP contribution in [-0.4, -0.2) is 75.0 Å². The number of hydrogen-bond acceptors (Lipinski definition) is 11. The second-order valence-corrected chi connectivity index (χ2v) is 10.5. The molecule has 1 aliphatic heterocycles. The first-order valence-corrected chi connectivity index (χ1v) is 13.0. The third-order valence-corrected chi connectivity index (χ3v) is 7.09. The molecule has 4 heterocycles. The van der Waals surface area contributed by atoms with Crippen LogP contribution < -0.4 is 15.4 Å². The number of fused-ring (bicyclic) bond motifs is 2. The Morgan fingerprint density at radius 3 is 2.81 bits per heavy atom. The minimum absolute atomic E-state index is 0.270. The van der Waals surface area contributed by atoms with Crippen LogP contribution in [0.4, 0.5) is 10.9 Å². The number of rotatable bonds is 7. The van der Waals surface area contributed by atoms with Gasteiger partial charge >= 0.3 is 0 Å². The van der Waals surface area contributed by atoms with Crippen LogP contribution in [0.1, 0.15) is 22.6 Å². The zero-order valence-electron chi connectivity index (χ0n) is 21.2. The molecule has 0 radical (unpaired) electrons. The molecule has 11 heteroatoms. The van der Waals surface area contributed by atoms with E-state index in [1.54, 1.807) is 0 Å². The Labute approximate surface area is 219 Å². The predicted molar refractivity (Wildman–Crippen MR) is 145 cm³/mol. The lowest BCUT2D eigenvalue weighted by atomic mass is 10.0. The van der Waals surface area contributed by atoms with E-state index in [9.17, 15) is 10.2 Å². The maximum absolute atomic E-state index is 10.3. The molecule has 1 unspecified atom stereocenters. The molecule has 10 nitrogen and oxygen atoms in total. The highest BCUT2D eigenvalue weighted by atomic mass is 32.1. The summed E-state index contributed by atoms with van der Waals surface area (Å²) in [6.07, 6.45) is 1.23. The number of nitrogens with zero attached hydrogens (tertiary/aromatic N) is 6. The van der Waals surface area contributed by atoms with Crippen molar-refractivity contribution < 1.29 is 14.9 Å². The predicted octanol–water partition coefficient (Wildman–Crippen LogP) is 2.40. The summed E-state index contributed by atoms with van der Waals surface area (Å²) in [4.78, 5) is 23.5. The Hall–Kier alpha value is -3.38. The molecule has 0 saturated heterocycles. The molecule has 0 saturated carbocycles. The number of thiazole rings is 1. The van der Waals surface area contributed by atoms with E-state index in [-0.39, 0.29) is 13.0 Å². The van der Waals surface area contributed by atoms with Gasteiger partial charge in [-0.3, -0.25) is 0 Å². The number of hydrogen-bond donors (Lipinski definition) is 3. The molecule has 0 fully saturated rings. The number of nitrogens with two attached hydrogens (primary N) is 1. The van der Waals surface area contributed by atoms with Crippen LogP contribution in [0.25, 0.3) is 21.5 Å². The van der Waals surface area contributed by atoms with Crippen molar-refractivity contribution >= 4 is 32.6 Å². The van der Waals surface area contributed by atoms with E-state index >= 15 is 0 Å². The van der Waals surface area contributed by atoms with Gasteiger partial charge in [-0.1, -0.05) is 17.4 Å². The van der Waals surface area contributed by atoms with Crippen LogP contribution in [0.3, 0.4) is 0 Å². The van der Waals surface area contributed by atoms with Crippen LogP contribution >= 0.6 is 11.3 Å². The lowest BCUT2D eigenvalue weighted by Crippen LogP contribution is -2.30. The zero-order valence-corrected chi connectivity index (χ0v) is 22.0. The molecule has 3 aromatic heterocycles. The van der Waals surface area contributed by atoms with Gasteiger partial charge < -0.3 is 30.5 Å². The largest absolute Gasteiger partial charge is 0.491 e. The zero-order chi connectivity index (χ0) is 26.1. The molecule has 194 valence electrons. The fourth-order valence-electron chi connectivity index (χ4n) is 4.54. The maximum Gasteiger partial charge on any atom is 0.182 e. The standard InChI is InChI=1S/C26H31N7O3S/c1-15-20(10-19(35)14-34)24(31-23(29-15)13-32(2)3)33-6-7-36-22-5-4-16(8-18(22)12-33)17-9-21-25(28-11-17)37-26(27)30-21/h4-5,8-9,11,19,34-35H,6-7,10,12-14H2,1-3H3,(H2,27,30). The number of benzene rings is 1. The fourth-order valence-corrected chi connectivity index (χ4v) is 5.20. The normalized spacial score (nSPS) is 14.5. The summed E-state index contributed by atoms with van der Waals surface area (Å²) >= 11 is 1.37.